The summed E-state index contributed by atoms with van der Waals surface area (Å²) in [6.45, 7) is 2.64. The predicted molar refractivity (Wildman–Crippen MR) is 83.6 cm³/mol. The topological polar surface area (TPSA) is 62.5 Å². The van der Waals surface area contributed by atoms with E-state index in [1.54, 1.807) is 30.5 Å². The first-order valence-corrected chi connectivity index (χ1v) is 7.16. The second-order valence-corrected chi connectivity index (χ2v) is 5.16. The van der Waals surface area contributed by atoms with Crippen LogP contribution in [0.5, 0.6) is 0 Å². The third kappa shape index (κ3) is 2.72. The van der Waals surface area contributed by atoms with Gasteiger partial charge in [0.1, 0.15) is 11.6 Å². The number of benzene rings is 1. The van der Waals surface area contributed by atoms with Gasteiger partial charge in [0.15, 0.2) is 0 Å². The molecule has 1 amide bonds. The Morgan fingerprint density at radius 1 is 1.05 bits per heavy atom. The van der Waals surface area contributed by atoms with Crippen molar-refractivity contribution in [1.29, 1.82) is 0 Å². The molecule has 0 radical (unpaired) electrons. The van der Waals surface area contributed by atoms with Gasteiger partial charge in [-0.25, -0.2) is 9.37 Å². The molecule has 0 spiro atoms. The van der Waals surface area contributed by atoms with Crippen LogP contribution in [0.25, 0.3) is 0 Å². The van der Waals surface area contributed by atoms with Crippen molar-refractivity contribution in [3.8, 4) is 0 Å². The van der Waals surface area contributed by atoms with E-state index in [4.69, 9.17) is 5.73 Å². The molecule has 0 unspecified atom stereocenters. The molecular weight excluding hydrogens is 283 g/mol. The van der Waals surface area contributed by atoms with Crippen LogP contribution < -0.4 is 15.5 Å². The largest absolute Gasteiger partial charge is 0.366 e. The molecule has 1 aliphatic heterocycles. The number of piperazine rings is 1. The molecule has 1 saturated heterocycles. The van der Waals surface area contributed by atoms with Crippen LogP contribution in [0.1, 0.15) is 10.4 Å². The Hall–Kier alpha value is -2.63. The number of anilines is 2. The van der Waals surface area contributed by atoms with Crippen LogP contribution in [-0.2, 0) is 0 Å². The Labute approximate surface area is 128 Å². The molecule has 0 saturated carbocycles. The summed E-state index contributed by atoms with van der Waals surface area (Å²) >= 11 is 0. The third-order valence-electron chi connectivity index (χ3n) is 3.82. The fraction of sp³-hybridized carbons (Fsp3) is 0.250. The monoisotopic (exact) mass is 300 g/mol. The summed E-state index contributed by atoms with van der Waals surface area (Å²) < 4.78 is 13.8. The highest BCUT2D eigenvalue weighted by Gasteiger charge is 2.22. The zero-order valence-electron chi connectivity index (χ0n) is 12.1. The number of hydrogen-bond donors (Lipinski definition) is 1. The molecule has 1 aromatic carbocycles. The normalized spacial score (nSPS) is 15.0. The fourth-order valence-electron chi connectivity index (χ4n) is 2.71. The lowest BCUT2D eigenvalue weighted by Crippen LogP contribution is -2.47. The van der Waals surface area contributed by atoms with Crippen molar-refractivity contribution in [1.82, 2.24) is 4.98 Å². The highest BCUT2D eigenvalue weighted by Crippen LogP contribution is 2.23. The number of hydrogen-bond acceptors (Lipinski definition) is 4. The Morgan fingerprint density at radius 2 is 1.73 bits per heavy atom. The SMILES string of the molecule is NC(=O)c1cccnc1N1CCN(c2ccccc2F)CC1. The van der Waals surface area contributed by atoms with Crippen LogP contribution in [0.4, 0.5) is 15.9 Å². The van der Waals surface area contributed by atoms with Gasteiger partial charge in [0.2, 0.25) is 0 Å². The van der Waals surface area contributed by atoms with Gasteiger partial charge in [0.25, 0.3) is 5.91 Å². The van der Waals surface area contributed by atoms with Crippen molar-refractivity contribution in [3.05, 3.63) is 54.0 Å². The summed E-state index contributed by atoms with van der Waals surface area (Å²) in [6.07, 6.45) is 1.64. The van der Waals surface area contributed by atoms with E-state index in [-0.39, 0.29) is 5.82 Å². The summed E-state index contributed by atoms with van der Waals surface area (Å²) in [5.74, 6) is -0.102. The van der Waals surface area contributed by atoms with Gasteiger partial charge in [-0.2, -0.15) is 0 Å². The van der Waals surface area contributed by atoms with Crippen LogP contribution in [0.3, 0.4) is 0 Å². The first-order valence-electron chi connectivity index (χ1n) is 7.16. The highest BCUT2D eigenvalue weighted by molar-refractivity contribution is 5.97. The van der Waals surface area contributed by atoms with Crippen LogP contribution in [-0.4, -0.2) is 37.1 Å². The van der Waals surface area contributed by atoms with Gasteiger partial charge in [-0.1, -0.05) is 12.1 Å². The van der Waals surface area contributed by atoms with E-state index in [1.807, 2.05) is 15.9 Å². The van der Waals surface area contributed by atoms with Gasteiger partial charge in [0.05, 0.1) is 11.3 Å². The van der Waals surface area contributed by atoms with E-state index < -0.39 is 5.91 Å². The molecule has 0 atom stereocenters. The number of carbonyl (C=O) groups excluding carboxylic acids is 1. The maximum atomic E-state index is 13.8. The molecule has 22 heavy (non-hydrogen) atoms. The minimum Gasteiger partial charge on any atom is -0.366 e. The number of nitrogens with two attached hydrogens (primary N) is 1. The van der Waals surface area contributed by atoms with Crippen molar-refractivity contribution in [2.24, 2.45) is 5.73 Å². The minimum atomic E-state index is -0.486. The summed E-state index contributed by atoms with van der Waals surface area (Å²) in [5, 5.41) is 0. The fourth-order valence-corrected chi connectivity index (χ4v) is 2.71. The number of para-hydroxylation sites is 1. The molecule has 0 aliphatic carbocycles. The number of carbonyl (C=O) groups is 1. The number of aromatic nitrogens is 1. The molecule has 5 nitrogen and oxygen atoms in total. The van der Waals surface area contributed by atoms with Gasteiger partial charge < -0.3 is 15.5 Å². The molecular formula is C16H17FN4O. The van der Waals surface area contributed by atoms with Crippen molar-refractivity contribution < 1.29 is 9.18 Å². The Balaban J connectivity index is 1.75. The predicted octanol–water partition coefficient (Wildman–Crippen LogP) is 1.65. The number of amides is 1. The van der Waals surface area contributed by atoms with Crippen LogP contribution in [0.2, 0.25) is 0 Å². The molecule has 1 aliphatic rings. The highest BCUT2D eigenvalue weighted by atomic mass is 19.1. The smallest absolute Gasteiger partial charge is 0.252 e. The lowest BCUT2D eigenvalue weighted by atomic mass is 10.2. The Kier molecular flexibility index (Phi) is 3.91. The standard InChI is InChI=1S/C16H17FN4O/c17-13-5-1-2-6-14(13)20-8-10-21(11-9-20)16-12(15(18)22)4-3-7-19-16/h1-7H,8-11H2,(H2,18,22). The van der Waals surface area contributed by atoms with Crippen LogP contribution >= 0.6 is 0 Å². The van der Waals surface area contributed by atoms with Gasteiger partial charge in [-0.05, 0) is 24.3 Å². The second kappa shape index (κ2) is 6.01. The molecule has 2 N–H and O–H groups in total. The molecule has 114 valence electrons. The van der Waals surface area contributed by atoms with Crippen molar-refractivity contribution >= 4 is 17.4 Å². The summed E-state index contributed by atoms with van der Waals surface area (Å²) in [6, 6.07) is 10.1. The van der Waals surface area contributed by atoms with E-state index >= 15 is 0 Å². The lowest BCUT2D eigenvalue weighted by Gasteiger charge is -2.37. The number of halogens is 1. The number of nitrogens with zero attached hydrogens (tertiary/aromatic N) is 3. The minimum absolute atomic E-state index is 0.216. The van der Waals surface area contributed by atoms with E-state index in [9.17, 15) is 9.18 Å². The summed E-state index contributed by atoms with van der Waals surface area (Å²) in [4.78, 5) is 19.8. The first-order chi connectivity index (χ1) is 10.7. The lowest BCUT2D eigenvalue weighted by molar-refractivity contribution is 0.100. The van der Waals surface area contributed by atoms with Crippen LogP contribution in [0.15, 0.2) is 42.6 Å². The maximum Gasteiger partial charge on any atom is 0.252 e. The Bertz CT molecular complexity index is 683. The second-order valence-electron chi connectivity index (χ2n) is 5.16. The van der Waals surface area contributed by atoms with E-state index in [0.717, 1.165) is 0 Å². The van der Waals surface area contributed by atoms with Crippen molar-refractivity contribution in [3.63, 3.8) is 0 Å². The molecule has 2 aromatic rings. The van der Waals surface area contributed by atoms with E-state index in [0.29, 0.717) is 43.2 Å². The molecule has 6 heteroatoms. The van der Waals surface area contributed by atoms with Crippen LogP contribution in [0, 0.1) is 5.82 Å². The van der Waals surface area contributed by atoms with E-state index in [1.165, 1.54) is 6.07 Å². The average molecular weight is 300 g/mol. The summed E-state index contributed by atoms with van der Waals surface area (Å²) in [5.41, 5.74) is 6.42. The molecule has 1 aromatic heterocycles. The molecule has 0 bridgehead atoms. The first kappa shape index (κ1) is 14.3. The zero-order valence-corrected chi connectivity index (χ0v) is 12.1. The van der Waals surface area contributed by atoms with Gasteiger partial charge >= 0.3 is 0 Å². The number of primary amides is 1. The average Bonchev–Trinajstić information content (AvgIpc) is 2.55. The Morgan fingerprint density at radius 3 is 2.41 bits per heavy atom. The maximum absolute atomic E-state index is 13.8. The number of pyridine rings is 1. The summed E-state index contributed by atoms with van der Waals surface area (Å²) in [7, 11) is 0. The van der Waals surface area contributed by atoms with Gasteiger partial charge in [-0.15, -0.1) is 0 Å². The molecule has 2 heterocycles. The van der Waals surface area contributed by atoms with Crippen molar-refractivity contribution in [2.75, 3.05) is 36.0 Å². The van der Waals surface area contributed by atoms with E-state index in [2.05, 4.69) is 4.98 Å². The van der Waals surface area contributed by atoms with Crippen molar-refractivity contribution in [2.45, 2.75) is 0 Å². The van der Waals surface area contributed by atoms with Gasteiger partial charge in [-0.3, -0.25) is 4.79 Å². The van der Waals surface area contributed by atoms with Gasteiger partial charge in [0, 0.05) is 32.4 Å². The molecule has 1 fully saturated rings. The zero-order chi connectivity index (χ0) is 15.5. The molecule has 3 rings (SSSR count). The quantitative estimate of drug-likeness (QED) is 0.936. The third-order valence-corrected chi connectivity index (χ3v) is 3.82. The number of rotatable bonds is 3.